The summed E-state index contributed by atoms with van der Waals surface area (Å²) < 4.78 is 0. The number of nitrogens with zero attached hydrogens (tertiary/aromatic N) is 2. The van der Waals surface area contributed by atoms with E-state index in [0.29, 0.717) is 25.9 Å². The summed E-state index contributed by atoms with van der Waals surface area (Å²) in [6, 6.07) is 2.27. The van der Waals surface area contributed by atoms with Crippen LogP contribution in [0.3, 0.4) is 0 Å². The van der Waals surface area contributed by atoms with Crippen LogP contribution in [0.4, 0.5) is 0 Å². The van der Waals surface area contributed by atoms with E-state index < -0.39 is 11.0 Å². The summed E-state index contributed by atoms with van der Waals surface area (Å²) in [6.07, 6.45) is 4.38. The van der Waals surface area contributed by atoms with Crippen molar-refractivity contribution in [2.45, 2.75) is 64.9 Å². The Hall–Kier alpha value is -1.08. The number of rotatable bonds is 5. The van der Waals surface area contributed by atoms with Gasteiger partial charge in [-0.1, -0.05) is 26.7 Å². The van der Waals surface area contributed by atoms with Crippen LogP contribution in [0.15, 0.2) is 0 Å². The molecule has 0 aromatic heterocycles. The van der Waals surface area contributed by atoms with Crippen molar-refractivity contribution in [2.24, 2.45) is 5.41 Å². The number of carbonyl (C=O) groups excluding carboxylic acids is 1. The van der Waals surface area contributed by atoms with E-state index in [9.17, 15) is 15.2 Å². The predicted octanol–water partition coefficient (Wildman–Crippen LogP) is 2.47. The molecule has 1 fully saturated rings. The van der Waals surface area contributed by atoms with Crippen LogP contribution in [-0.4, -0.2) is 34.6 Å². The molecule has 4 heteroatoms. The van der Waals surface area contributed by atoms with Crippen molar-refractivity contribution in [1.29, 1.82) is 5.26 Å². The molecule has 1 rings (SSSR count). The molecule has 0 aromatic rings. The summed E-state index contributed by atoms with van der Waals surface area (Å²) in [6.45, 7) is 6.78. The zero-order valence-corrected chi connectivity index (χ0v) is 12.4. The maximum Gasteiger partial charge on any atom is 0.243 e. The fourth-order valence-electron chi connectivity index (χ4n) is 3.05. The lowest BCUT2D eigenvalue weighted by Crippen LogP contribution is -2.53. The standard InChI is InChI=1S/C15H26N2O2/c1-4-7-15(11-16,8-5-2)13(18)17-10-6-9-14(3,19)12-17/h19H,4-10,12H2,1-3H3. The van der Waals surface area contributed by atoms with Crippen molar-refractivity contribution in [1.82, 2.24) is 4.90 Å². The number of carbonyl (C=O) groups is 1. The van der Waals surface area contributed by atoms with E-state index in [-0.39, 0.29) is 5.91 Å². The minimum atomic E-state index is -0.892. The first-order valence-corrected chi connectivity index (χ1v) is 7.34. The van der Waals surface area contributed by atoms with Crippen LogP contribution in [0.1, 0.15) is 59.3 Å². The van der Waals surface area contributed by atoms with Gasteiger partial charge >= 0.3 is 0 Å². The highest BCUT2D eigenvalue weighted by atomic mass is 16.3. The maximum absolute atomic E-state index is 12.7. The molecule has 1 atom stereocenters. The quantitative estimate of drug-likeness (QED) is 0.831. The highest BCUT2D eigenvalue weighted by Gasteiger charge is 2.42. The van der Waals surface area contributed by atoms with Gasteiger partial charge in [-0.15, -0.1) is 0 Å². The van der Waals surface area contributed by atoms with Crippen molar-refractivity contribution in [3.8, 4) is 6.07 Å². The summed E-state index contributed by atoms with van der Waals surface area (Å²) >= 11 is 0. The number of likely N-dealkylation sites (tertiary alicyclic amines) is 1. The van der Waals surface area contributed by atoms with Crippen LogP contribution in [0.25, 0.3) is 0 Å². The largest absolute Gasteiger partial charge is 0.388 e. The Labute approximate surface area is 116 Å². The molecule has 1 aliphatic heterocycles. The summed E-state index contributed by atoms with van der Waals surface area (Å²) in [5, 5.41) is 19.6. The van der Waals surface area contributed by atoms with Crippen molar-refractivity contribution in [3.63, 3.8) is 0 Å². The van der Waals surface area contributed by atoms with Crippen LogP contribution >= 0.6 is 0 Å². The molecule has 1 saturated heterocycles. The van der Waals surface area contributed by atoms with E-state index in [1.165, 1.54) is 0 Å². The first-order chi connectivity index (χ1) is 8.90. The van der Waals surface area contributed by atoms with E-state index in [4.69, 9.17) is 0 Å². The molecule has 0 bridgehead atoms. The molecule has 1 aliphatic rings. The molecule has 19 heavy (non-hydrogen) atoms. The van der Waals surface area contributed by atoms with Crippen LogP contribution in [-0.2, 0) is 4.79 Å². The number of aliphatic hydroxyl groups is 1. The van der Waals surface area contributed by atoms with Crippen LogP contribution in [0, 0.1) is 16.7 Å². The number of amides is 1. The molecular weight excluding hydrogens is 240 g/mol. The van der Waals surface area contributed by atoms with Gasteiger partial charge in [-0.25, -0.2) is 0 Å². The van der Waals surface area contributed by atoms with E-state index in [0.717, 1.165) is 25.7 Å². The van der Waals surface area contributed by atoms with Crippen molar-refractivity contribution < 1.29 is 9.90 Å². The lowest BCUT2D eigenvalue weighted by molar-refractivity contribution is -0.146. The Morgan fingerprint density at radius 3 is 2.42 bits per heavy atom. The number of piperidine rings is 1. The maximum atomic E-state index is 12.7. The molecule has 0 spiro atoms. The van der Waals surface area contributed by atoms with Gasteiger partial charge in [0, 0.05) is 13.1 Å². The second-order valence-corrected chi connectivity index (χ2v) is 6.02. The molecule has 0 aliphatic carbocycles. The summed E-state index contributed by atoms with van der Waals surface area (Å²) in [7, 11) is 0. The second kappa shape index (κ2) is 6.38. The Bertz CT molecular complexity index is 352. The first kappa shape index (κ1) is 16.0. The number of hydrogen-bond acceptors (Lipinski definition) is 3. The summed E-state index contributed by atoms with van der Waals surface area (Å²) in [4.78, 5) is 14.4. The third-order valence-electron chi connectivity index (χ3n) is 3.94. The minimum Gasteiger partial charge on any atom is -0.388 e. The van der Waals surface area contributed by atoms with Gasteiger partial charge in [0.05, 0.1) is 11.7 Å². The van der Waals surface area contributed by atoms with E-state index in [1.807, 2.05) is 13.8 Å². The number of nitriles is 1. The predicted molar refractivity (Wildman–Crippen MR) is 74.3 cm³/mol. The average Bonchev–Trinajstić information content (AvgIpc) is 2.36. The third-order valence-corrected chi connectivity index (χ3v) is 3.94. The second-order valence-electron chi connectivity index (χ2n) is 6.02. The molecule has 108 valence electrons. The van der Waals surface area contributed by atoms with Gasteiger partial charge < -0.3 is 10.0 Å². The molecule has 0 aromatic carbocycles. The fourth-order valence-corrected chi connectivity index (χ4v) is 3.05. The molecule has 4 nitrogen and oxygen atoms in total. The van der Waals surface area contributed by atoms with Crippen LogP contribution < -0.4 is 0 Å². The van der Waals surface area contributed by atoms with E-state index in [1.54, 1.807) is 11.8 Å². The van der Waals surface area contributed by atoms with Crippen molar-refractivity contribution >= 4 is 5.91 Å². The lowest BCUT2D eigenvalue weighted by atomic mass is 9.78. The Balaban J connectivity index is 2.90. The molecule has 0 radical (unpaired) electrons. The van der Waals surface area contributed by atoms with E-state index >= 15 is 0 Å². The number of hydrogen-bond donors (Lipinski definition) is 1. The smallest absolute Gasteiger partial charge is 0.243 e. The highest BCUT2D eigenvalue weighted by Crippen LogP contribution is 2.33. The average molecular weight is 266 g/mol. The van der Waals surface area contributed by atoms with E-state index in [2.05, 4.69) is 6.07 Å². The summed E-state index contributed by atoms with van der Waals surface area (Å²) in [5.74, 6) is -0.0846. The van der Waals surface area contributed by atoms with Gasteiger partial charge in [0.1, 0.15) is 5.41 Å². The Kier molecular flexibility index (Phi) is 5.37. The summed E-state index contributed by atoms with van der Waals surface area (Å²) in [5.41, 5.74) is -1.70. The molecule has 0 saturated carbocycles. The van der Waals surface area contributed by atoms with Gasteiger partial charge in [0.25, 0.3) is 0 Å². The minimum absolute atomic E-state index is 0.0846. The zero-order chi connectivity index (χ0) is 14.5. The molecule has 1 amide bonds. The lowest BCUT2D eigenvalue weighted by Gasteiger charge is -2.40. The van der Waals surface area contributed by atoms with Crippen LogP contribution in [0.2, 0.25) is 0 Å². The molecular formula is C15H26N2O2. The van der Waals surface area contributed by atoms with Gasteiger partial charge in [-0.05, 0) is 32.6 Å². The van der Waals surface area contributed by atoms with Gasteiger partial charge in [-0.3, -0.25) is 4.79 Å². The van der Waals surface area contributed by atoms with Crippen molar-refractivity contribution in [2.75, 3.05) is 13.1 Å². The molecule has 1 unspecified atom stereocenters. The Morgan fingerprint density at radius 1 is 1.42 bits per heavy atom. The SMILES string of the molecule is CCCC(C#N)(CCC)C(=O)N1CCCC(C)(O)C1. The van der Waals surface area contributed by atoms with Gasteiger partial charge in [-0.2, -0.15) is 5.26 Å². The van der Waals surface area contributed by atoms with Gasteiger partial charge in [0.2, 0.25) is 5.91 Å². The van der Waals surface area contributed by atoms with Crippen LogP contribution in [0.5, 0.6) is 0 Å². The normalized spacial score (nSPS) is 24.1. The van der Waals surface area contributed by atoms with Crippen molar-refractivity contribution in [3.05, 3.63) is 0 Å². The monoisotopic (exact) mass is 266 g/mol. The molecule has 1 N–H and O–H groups in total. The Morgan fingerprint density at radius 2 is 2.00 bits per heavy atom. The highest BCUT2D eigenvalue weighted by molar-refractivity contribution is 5.85. The number of β-amino-alcohol motifs (C(OH)–C–C–N with tert-alkyl or cyclic N) is 1. The molecule has 1 heterocycles. The zero-order valence-electron chi connectivity index (χ0n) is 12.4. The third kappa shape index (κ3) is 3.70. The fraction of sp³-hybridized carbons (Fsp3) is 0.867. The topological polar surface area (TPSA) is 64.3 Å². The van der Waals surface area contributed by atoms with Gasteiger partial charge in [0.15, 0.2) is 0 Å². The first-order valence-electron chi connectivity index (χ1n) is 7.34.